The highest BCUT2D eigenvalue weighted by molar-refractivity contribution is 9.10. The van der Waals surface area contributed by atoms with Gasteiger partial charge in [0.2, 0.25) is 5.91 Å². The minimum absolute atomic E-state index is 0.0394. The summed E-state index contributed by atoms with van der Waals surface area (Å²) in [5, 5.41) is 0. The Hall–Kier alpha value is -1.36. The Morgan fingerprint density at radius 3 is 2.09 bits per heavy atom. The van der Waals surface area contributed by atoms with Gasteiger partial charge in [0.1, 0.15) is 0 Å². The topological polar surface area (TPSA) is 40.6 Å². The molecule has 0 saturated carbocycles. The van der Waals surface area contributed by atoms with Crippen LogP contribution in [0.5, 0.6) is 0 Å². The summed E-state index contributed by atoms with van der Waals surface area (Å²) in [5.74, 6) is 0.197. The molecule has 0 atom stereocenters. The largest absolute Gasteiger partial charge is 0.340 e. The minimum Gasteiger partial charge on any atom is -0.340 e. The molecule has 1 heterocycles. The average molecular weight is 367 g/mol. The van der Waals surface area contributed by atoms with Gasteiger partial charge in [0, 0.05) is 41.6 Å². The summed E-state index contributed by atoms with van der Waals surface area (Å²) in [6.45, 7) is 8.43. The molecule has 1 fully saturated rings. The molecule has 1 aromatic carbocycles. The van der Waals surface area contributed by atoms with E-state index in [1.165, 1.54) is 0 Å². The minimum atomic E-state index is -0.370. The molecule has 22 heavy (non-hydrogen) atoms. The summed E-state index contributed by atoms with van der Waals surface area (Å²) in [7, 11) is 0. The quantitative estimate of drug-likeness (QED) is 0.765. The molecular formula is C17H23BrN2O2. The van der Waals surface area contributed by atoms with Crippen LogP contribution in [-0.4, -0.2) is 47.8 Å². The van der Waals surface area contributed by atoms with E-state index in [4.69, 9.17) is 0 Å². The van der Waals surface area contributed by atoms with Gasteiger partial charge in [-0.05, 0) is 30.7 Å². The van der Waals surface area contributed by atoms with Crippen LogP contribution < -0.4 is 0 Å². The smallest absolute Gasteiger partial charge is 0.253 e. The first kappa shape index (κ1) is 17.0. The molecule has 5 heteroatoms. The normalized spacial score (nSPS) is 16.4. The predicted octanol–water partition coefficient (Wildman–Crippen LogP) is 3.17. The molecule has 0 radical (unpaired) electrons. The number of amides is 2. The van der Waals surface area contributed by atoms with Crippen molar-refractivity contribution in [2.75, 3.05) is 26.2 Å². The van der Waals surface area contributed by atoms with Gasteiger partial charge in [-0.3, -0.25) is 9.59 Å². The van der Waals surface area contributed by atoms with Crippen molar-refractivity contribution in [3.8, 4) is 0 Å². The molecule has 4 nitrogen and oxygen atoms in total. The number of hydrogen-bond acceptors (Lipinski definition) is 2. The molecule has 0 aromatic heterocycles. The third-order valence-electron chi connectivity index (χ3n) is 3.80. The second-order valence-corrected chi connectivity index (χ2v) is 7.61. The zero-order valence-electron chi connectivity index (χ0n) is 13.4. The molecule has 1 aliphatic rings. The summed E-state index contributed by atoms with van der Waals surface area (Å²) < 4.78 is 0.960. The molecule has 1 saturated heterocycles. The molecule has 1 aliphatic heterocycles. The highest BCUT2D eigenvalue weighted by atomic mass is 79.9. The fourth-order valence-corrected chi connectivity index (χ4v) is 2.84. The summed E-state index contributed by atoms with van der Waals surface area (Å²) >= 11 is 3.38. The number of halogens is 1. The predicted molar refractivity (Wildman–Crippen MR) is 90.7 cm³/mol. The van der Waals surface area contributed by atoms with Gasteiger partial charge in [-0.2, -0.15) is 0 Å². The van der Waals surface area contributed by atoms with E-state index in [9.17, 15) is 9.59 Å². The first-order valence-corrected chi connectivity index (χ1v) is 8.42. The highest BCUT2D eigenvalue weighted by Gasteiger charge is 2.29. The first-order chi connectivity index (χ1) is 10.3. The summed E-state index contributed by atoms with van der Waals surface area (Å²) in [4.78, 5) is 28.6. The zero-order chi connectivity index (χ0) is 16.3. The third kappa shape index (κ3) is 4.09. The van der Waals surface area contributed by atoms with Gasteiger partial charge in [0.15, 0.2) is 0 Å². The number of nitrogens with zero attached hydrogens (tertiary/aromatic N) is 2. The fourth-order valence-electron chi connectivity index (χ4n) is 2.57. The van der Waals surface area contributed by atoms with E-state index >= 15 is 0 Å². The lowest BCUT2D eigenvalue weighted by atomic mass is 9.94. The van der Waals surface area contributed by atoms with E-state index < -0.39 is 0 Å². The van der Waals surface area contributed by atoms with Gasteiger partial charge in [0.25, 0.3) is 5.91 Å². The van der Waals surface area contributed by atoms with E-state index in [0.29, 0.717) is 25.2 Å². The van der Waals surface area contributed by atoms with E-state index in [-0.39, 0.29) is 17.2 Å². The van der Waals surface area contributed by atoms with Gasteiger partial charge >= 0.3 is 0 Å². The second kappa shape index (κ2) is 6.82. The van der Waals surface area contributed by atoms with Crippen LogP contribution in [0.2, 0.25) is 0 Å². The lowest BCUT2D eigenvalue weighted by Crippen LogP contribution is -2.42. The number of benzene rings is 1. The summed E-state index contributed by atoms with van der Waals surface area (Å²) in [5.41, 5.74) is 0.323. The molecule has 120 valence electrons. The first-order valence-electron chi connectivity index (χ1n) is 7.63. The van der Waals surface area contributed by atoms with E-state index in [1.807, 2.05) is 54.8 Å². The van der Waals surface area contributed by atoms with Crippen molar-refractivity contribution in [1.82, 2.24) is 9.80 Å². The maximum atomic E-state index is 12.5. The summed E-state index contributed by atoms with van der Waals surface area (Å²) in [6.07, 6.45) is 0.824. The fraction of sp³-hybridized carbons (Fsp3) is 0.529. The zero-order valence-corrected chi connectivity index (χ0v) is 15.0. The number of hydrogen-bond donors (Lipinski definition) is 0. The van der Waals surface area contributed by atoms with Crippen LogP contribution in [0.1, 0.15) is 37.6 Å². The second-order valence-electron chi connectivity index (χ2n) is 6.69. The lowest BCUT2D eigenvalue weighted by molar-refractivity contribution is -0.139. The van der Waals surface area contributed by atoms with Crippen molar-refractivity contribution in [3.63, 3.8) is 0 Å². The Bertz CT molecular complexity index is 549. The molecule has 2 amide bonds. The van der Waals surface area contributed by atoms with Crippen LogP contribution >= 0.6 is 15.9 Å². The lowest BCUT2D eigenvalue weighted by Gasteiger charge is -2.28. The van der Waals surface area contributed by atoms with Crippen LogP contribution in [0.4, 0.5) is 0 Å². The van der Waals surface area contributed by atoms with Crippen molar-refractivity contribution >= 4 is 27.7 Å². The standard InChI is InChI=1S/C17H23BrN2O2/c1-17(2,3)16(22)20-10-4-9-19(11-12-20)15(21)13-5-7-14(18)8-6-13/h5-8H,4,9-12H2,1-3H3. The van der Waals surface area contributed by atoms with E-state index in [1.54, 1.807) is 0 Å². The van der Waals surface area contributed by atoms with Crippen LogP contribution in [0.15, 0.2) is 28.7 Å². The van der Waals surface area contributed by atoms with Crippen LogP contribution in [0, 0.1) is 5.41 Å². The molecule has 0 spiro atoms. The summed E-state index contributed by atoms with van der Waals surface area (Å²) in [6, 6.07) is 7.41. The monoisotopic (exact) mass is 366 g/mol. The average Bonchev–Trinajstić information content (AvgIpc) is 2.71. The molecular weight excluding hydrogens is 344 g/mol. The molecule has 0 unspecified atom stereocenters. The highest BCUT2D eigenvalue weighted by Crippen LogP contribution is 2.19. The van der Waals surface area contributed by atoms with Crippen LogP contribution in [0.3, 0.4) is 0 Å². The molecule has 0 aliphatic carbocycles. The van der Waals surface area contributed by atoms with Gasteiger partial charge in [-0.1, -0.05) is 36.7 Å². The van der Waals surface area contributed by atoms with Crippen LogP contribution in [0.25, 0.3) is 0 Å². The Kier molecular flexibility index (Phi) is 5.27. The van der Waals surface area contributed by atoms with Crippen molar-refractivity contribution < 1.29 is 9.59 Å². The SMILES string of the molecule is CC(C)(C)C(=O)N1CCCN(C(=O)c2ccc(Br)cc2)CC1. The molecule has 1 aromatic rings. The molecule has 0 N–H and O–H groups in total. The van der Waals surface area contributed by atoms with Crippen molar-refractivity contribution in [3.05, 3.63) is 34.3 Å². The van der Waals surface area contributed by atoms with Crippen LogP contribution in [-0.2, 0) is 4.79 Å². The molecule has 0 bridgehead atoms. The number of carbonyl (C=O) groups excluding carboxylic acids is 2. The van der Waals surface area contributed by atoms with Crippen molar-refractivity contribution in [2.24, 2.45) is 5.41 Å². The van der Waals surface area contributed by atoms with Gasteiger partial charge in [0.05, 0.1) is 0 Å². The van der Waals surface area contributed by atoms with Gasteiger partial charge < -0.3 is 9.80 Å². The maximum Gasteiger partial charge on any atom is 0.253 e. The van der Waals surface area contributed by atoms with Crippen molar-refractivity contribution in [1.29, 1.82) is 0 Å². The Morgan fingerprint density at radius 2 is 1.50 bits per heavy atom. The Labute approximate surface area is 140 Å². The third-order valence-corrected chi connectivity index (χ3v) is 4.33. The van der Waals surface area contributed by atoms with E-state index in [0.717, 1.165) is 17.4 Å². The number of rotatable bonds is 1. The Morgan fingerprint density at radius 1 is 0.955 bits per heavy atom. The molecule has 2 rings (SSSR count). The van der Waals surface area contributed by atoms with Gasteiger partial charge in [-0.25, -0.2) is 0 Å². The Balaban J connectivity index is 2.02. The maximum absolute atomic E-state index is 12.5. The van der Waals surface area contributed by atoms with Gasteiger partial charge in [-0.15, -0.1) is 0 Å². The van der Waals surface area contributed by atoms with Crippen molar-refractivity contribution in [2.45, 2.75) is 27.2 Å². The number of carbonyl (C=O) groups is 2. The van der Waals surface area contributed by atoms with E-state index in [2.05, 4.69) is 15.9 Å².